The first kappa shape index (κ1) is 13.0. The van der Waals surface area contributed by atoms with Crippen LogP contribution in [0.5, 0.6) is 5.75 Å². The smallest absolute Gasteiger partial charge is 0.255 e. The number of unbranched alkanes of at least 4 members (excludes halogenated alkanes) is 1. The van der Waals surface area contributed by atoms with Gasteiger partial charge in [-0.2, -0.15) is 0 Å². The molecule has 5 heteroatoms. The number of aromatic nitrogens is 1. The van der Waals surface area contributed by atoms with Gasteiger partial charge in [-0.15, -0.1) is 0 Å². The molecule has 0 atom stereocenters. The van der Waals surface area contributed by atoms with Crippen molar-refractivity contribution in [2.45, 2.75) is 12.8 Å². The summed E-state index contributed by atoms with van der Waals surface area (Å²) in [7, 11) is 1.53. The highest BCUT2D eigenvalue weighted by molar-refractivity contribution is 9.09. The first-order valence-corrected chi connectivity index (χ1v) is 6.24. The van der Waals surface area contributed by atoms with Crippen LogP contribution in [0.3, 0.4) is 0 Å². The fourth-order valence-electron chi connectivity index (χ4n) is 1.25. The molecule has 0 saturated carbocycles. The van der Waals surface area contributed by atoms with E-state index in [1.54, 1.807) is 12.3 Å². The van der Waals surface area contributed by atoms with E-state index in [2.05, 4.69) is 26.2 Å². The summed E-state index contributed by atoms with van der Waals surface area (Å²) in [4.78, 5) is 15.7. The maximum absolute atomic E-state index is 11.8. The predicted molar refractivity (Wildman–Crippen MR) is 66.2 cm³/mol. The van der Waals surface area contributed by atoms with Crippen LogP contribution in [0.15, 0.2) is 18.5 Å². The van der Waals surface area contributed by atoms with Crippen LogP contribution in [0.2, 0.25) is 0 Å². The van der Waals surface area contributed by atoms with Crippen molar-refractivity contribution in [2.24, 2.45) is 0 Å². The molecule has 0 radical (unpaired) electrons. The summed E-state index contributed by atoms with van der Waals surface area (Å²) in [6.07, 6.45) is 5.13. The van der Waals surface area contributed by atoms with E-state index in [1.807, 2.05) is 0 Å². The Morgan fingerprint density at radius 3 is 3.06 bits per heavy atom. The standard InChI is InChI=1S/C11H15BrN2O2/c1-16-10-8-13-7-4-9(10)11(15)14-6-3-2-5-12/h4,7-8H,2-3,5-6H2,1H3,(H,14,15). The monoisotopic (exact) mass is 286 g/mol. The van der Waals surface area contributed by atoms with Gasteiger partial charge in [-0.3, -0.25) is 9.78 Å². The summed E-state index contributed by atoms with van der Waals surface area (Å²) in [6.45, 7) is 0.676. The number of nitrogens with one attached hydrogen (secondary N) is 1. The Balaban J connectivity index is 2.52. The van der Waals surface area contributed by atoms with Crippen LogP contribution in [0.1, 0.15) is 23.2 Å². The second kappa shape index (κ2) is 7.22. The van der Waals surface area contributed by atoms with Crippen LogP contribution < -0.4 is 10.1 Å². The molecule has 0 unspecified atom stereocenters. The van der Waals surface area contributed by atoms with Crippen LogP contribution in [-0.2, 0) is 0 Å². The summed E-state index contributed by atoms with van der Waals surface area (Å²) in [5.74, 6) is 0.384. The van der Waals surface area contributed by atoms with E-state index in [9.17, 15) is 4.79 Å². The van der Waals surface area contributed by atoms with E-state index in [0.717, 1.165) is 18.2 Å². The van der Waals surface area contributed by atoms with Crippen molar-refractivity contribution in [3.63, 3.8) is 0 Å². The lowest BCUT2D eigenvalue weighted by molar-refractivity contribution is 0.0950. The third-order valence-electron chi connectivity index (χ3n) is 2.10. The molecule has 1 aromatic rings. The number of carbonyl (C=O) groups is 1. The third kappa shape index (κ3) is 3.81. The van der Waals surface area contributed by atoms with E-state index >= 15 is 0 Å². The van der Waals surface area contributed by atoms with Crippen LogP contribution in [0, 0.1) is 0 Å². The lowest BCUT2D eigenvalue weighted by atomic mass is 10.2. The summed E-state index contributed by atoms with van der Waals surface area (Å²) in [5, 5.41) is 3.80. The summed E-state index contributed by atoms with van der Waals surface area (Å²) >= 11 is 3.34. The molecule has 0 spiro atoms. The molecule has 0 bridgehead atoms. The maximum atomic E-state index is 11.8. The number of methoxy groups -OCH3 is 1. The van der Waals surface area contributed by atoms with E-state index in [1.165, 1.54) is 13.3 Å². The van der Waals surface area contributed by atoms with Gasteiger partial charge in [-0.25, -0.2) is 0 Å². The maximum Gasteiger partial charge on any atom is 0.255 e. The Morgan fingerprint density at radius 2 is 2.38 bits per heavy atom. The Labute approximate surface area is 104 Å². The van der Waals surface area contributed by atoms with Gasteiger partial charge in [0.05, 0.1) is 18.9 Å². The fraction of sp³-hybridized carbons (Fsp3) is 0.455. The van der Waals surface area contributed by atoms with Crippen molar-refractivity contribution < 1.29 is 9.53 Å². The average molecular weight is 287 g/mol. The zero-order chi connectivity index (χ0) is 11.8. The van der Waals surface area contributed by atoms with Crippen LogP contribution in [0.25, 0.3) is 0 Å². The van der Waals surface area contributed by atoms with Gasteiger partial charge in [0.1, 0.15) is 5.75 Å². The predicted octanol–water partition coefficient (Wildman–Crippen LogP) is 2.00. The zero-order valence-electron chi connectivity index (χ0n) is 9.20. The molecule has 1 amide bonds. The van der Waals surface area contributed by atoms with Gasteiger partial charge in [0.2, 0.25) is 0 Å². The van der Waals surface area contributed by atoms with E-state index in [0.29, 0.717) is 17.9 Å². The number of ether oxygens (including phenoxy) is 1. The molecule has 1 rings (SSSR count). The molecule has 88 valence electrons. The molecule has 1 aromatic heterocycles. The summed E-state index contributed by atoms with van der Waals surface area (Å²) in [5.41, 5.74) is 0.524. The zero-order valence-corrected chi connectivity index (χ0v) is 10.8. The number of carbonyl (C=O) groups excluding carboxylic acids is 1. The Kier molecular flexibility index (Phi) is 5.85. The van der Waals surface area contributed by atoms with Crippen molar-refractivity contribution in [1.29, 1.82) is 0 Å². The van der Waals surface area contributed by atoms with Crippen molar-refractivity contribution in [3.8, 4) is 5.75 Å². The average Bonchev–Trinajstić information content (AvgIpc) is 2.34. The largest absolute Gasteiger partial charge is 0.494 e. The van der Waals surface area contributed by atoms with Gasteiger partial charge >= 0.3 is 0 Å². The van der Waals surface area contributed by atoms with Crippen molar-refractivity contribution in [3.05, 3.63) is 24.0 Å². The Hall–Kier alpha value is -1.10. The molecule has 0 aromatic carbocycles. The summed E-state index contributed by atoms with van der Waals surface area (Å²) in [6, 6.07) is 1.65. The van der Waals surface area contributed by atoms with E-state index in [4.69, 9.17) is 4.74 Å². The number of hydrogen-bond donors (Lipinski definition) is 1. The minimum absolute atomic E-state index is 0.117. The van der Waals surface area contributed by atoms with Gasteiger partial charge in [0, 0.05) is 18.1 Å². The normalized spacial score (nSPS) is 9.88. The number of pyridine rings is 1. The van der Waals surface area contributed by atoms with Crippen molar-refractivity contribution in [2.75, 3.05) is 19.0 Å². The molecule has 4 nitrogen and oxygen atoms in total. The van der Waals surface area contributed by atoms with Gasteiger partial charge in [-0.1, -0.05) is 15.9 Å². The van der Waals surface area contributed by atoms with Gasteiger partial charge in [0.15, 0.2) is 0 Å². The number of halogens is 1. The highest BCUT2D eigenvalue weighted by atomic mass is 79.9. The Bertz CT molecular complexity index is 345. The first-order valence-electron chi connectivity index (χ1n) is 5.11. The van der Waals surface area contributed by atoms with Crippen molar-refractivity contribution >= 4 is 21.8 Å². The van der Waals surface area contributed by atoms with Crippen LogP contribution in [-0.4, -0.2) is 29.9 Å². The van der Waals surface area contributed by atoms with Crippen LogP contribution in [0.4, 0.5) is 0 Å². The number of amides is 1. The lowest BCUT2D eigenvalue weighted by Gasteiger charge is -2.07. The molecule has 16 heavy (non-hydrogen) atoms. The van der Waals surface area contributed by atoms with E-state index < -0.39 is 0 Å². The molecule has 1 heterocycles. The Morgan fingerprint density at radius 1 is 1.56 bits per heavy atom. The van der Waals surface area contributed by atoms with E-state index in [-0.39, 0.29) is 5.91 Å². The van der Waals surface area contributed by atoms with Crippen LogP contribution >= 0.6 is 15.9 Å². The molecule has 0 aliphatic carbocycles. The number of alkyl halides is 1. The van der Waals surface area contributed by atoms with Gasteiger partial charge in [-0.05, 0) is 18.9 Å². The molecule has 0 fully saturated rings. The second-order valence-corrected chi connectivity index (χ2v) is 4.02. The fourth-order valence-corrected chi connectivity index (χ4v) is 1.64. The molecule has 1 N–H and O–H groups in total. The number of nitrogens with zero attached hydrogens (tertiary/aromatic N) is 1. The molecular weight excluding hydrogens is 272 g/mol. The highest BCUT2D eigenvalue weighted by Crippen LogP contribution is 2.15. The third-order valence-corrected chi connectivity index (χ3v) is 2.66. The quantitative estimate of drug-likeness (QED) is 0.643. The number of hydrogen-bond acceptors (Lipinski definition) is 3. The molecule has 0 aliphatic heterocycles. The minimum Gasteiger partial charge on any atom is -0.494 e. The van der Waals surface area contributed by atoms with Crippen molar-refractivity contribution in [1.82, 2.24) is 10.3 Å². The first-order chi connectivity index (χ1) is 7.79. The highest BCUT2D eigenvalue weighted by Gasteiger charge is 2.10. The topological polar surface area (TPSA) is 51.2 Å². The molecular formula is C11H15BrN2O2. The summed E-state index contributed by atoms with van der Waals surface area (Å²) < 4.78 is 5.06. The minimum atomic E-state index is -0.117. The second-order valence-electron chi connectivity index (χ2n) is 3.23. The van der Waals surface area contributed by atoms with Gasteiger partial charge < -0.3 is 10.1 Å². The SMILES string of the molecule is COc1cnccc1C(=O)NCCCCBr. The number of rotatable bonds is 6. The molecule has 0 aliphatic rings. The lowest BCUT2D eigenvalue weighted by Crippen LogP contribution is -2.25. The van der Waals surface area contributed by atoms with Gasteiger partial charge in [0.25, 0.3) is 5.91 Å². The molecule has 0 saturated heterocycles.